The average molecular weight is 541 g/mol. The highest BCUT2D eigenvalue weighted by Gasteiger charge is 2.39. The van der Waals surface area contributed by atoms with Gasteiger partial charge in [-0.2, -0.15) is 13.2 Å². The van der Waals surface area contributed by atoms with Gasteiger partial charge < -0.3 is 19.7 Å². The summed E-state index contributed by atoms with van der Waals surface area (Å²) in [6, 6.07) is 3.15. The number of ether oxygens (including phenoxy) is 1. The van der Waals surface area contributed by atoms with E-state index in [2.05, 4.69) is 15.0 Å². The quantitative estimate of drug-likeness (QED) is 0.481. The number of nitrogens with zero attached hydrogens (tertiary/aromatic N) is 5. The van der Waals surface area contributed by atoms with Gasteiger partial charge in [0, 0.05) is 31.9 Å². The number of halogens is 4. The number of carbonyl (C=O) groups is 1. The van der Waals surface area contributed by atoms with Gasteiger partial charge in [0.05, 0.1) is 34.7 Å². The highest BCUT2D eigenvalue weighted by atomic mass is 35.5. The van der Waals surface area contributed by atoms with Crippen LogP contribution in [-0.4, -0.2) is 62.4 Å². The van der Waals surface area contributed by atoms with Gasteiger partial charge in [-0.25, -0.2) is 24.8 Å². The third kappa shape index (κ3) is 5.76. The van der Waals surface area contributed by atoms with Crippen LogP contribution in [0.5, 0.6) is 0 Å². The van der Waals surface area contributed by atoms with Gasteiger partial charge in [-0.3, -0.25) is 0 Å². The largest absolute Gasteiger partial charge is 0.442 e. The lowest BCUT2D eigenvalue weighted by molar-refractivity contribution is -0.137. The SMILES string of the molecule is C[C@@H]1CN(c2ncc(CO)cc2Cl)CCN1N(C(=O)OC(C)(C)C)c1cc(C(F)(F)F)cc2[nH]cnc12. The van der Waals surface area contributed by atoms with Crippen molar-refractivity contribution in [3.8, 4) is 0 Å². The van der Waals surface area contributed by atoms with Crippen LogP contribution in [0.3, 0.4) is 0 Å². The zero-order valence-corrected chi connectivity index (χ0v) is 21.6. The minimum Gasteiger partial charge on any atom is -0.442 e. The molecule has 200 valence electrons. The Morgan fingerprint density at radius 1 is 1.24 bits per heavy atom. The molecule has 0 radical (unpaired) electrons. The minimum atomic E-state index is -4.64. The number of anilines is 2. The number of alkyl halides is 3. The highest BCUT2D eigenvalue weighted by Crippen LogP contribution is 2.38. The number of carbonyl (C=O) groups excluding carboxylic acids is 1. The van der Waals surface area contributed by atoms with Gasteiger partial charge in [0.25, 0.3) is 0 Å². The van der Waals surface area contributed by atoms with E-state index in [4.69, 9.17) is 16.3 Å². The molecule has 2 aromatic heterocycles. The number of H-pyrrole nitrogens is 1. The first-order chi connectivity index (χ1) is 17.3. The molecule has 0 spiro atoms. The second kappa shape index (κ2) is 9.99. The molecule has 1 aromatic carbocycles. The number of aliphatic hydroxyl groups excluding tert-OH is 1. The van der Waals surface area contributed by atoms with E-state index in [1.807, 2.05) is 11.8 Å². The number of aromatic nitrogens is 3. The summed E-state index contributed by atoms with van der Waals surface area (Å²) in [5.74, 6) is 0.517. The zero-order valence-electron chi connectivity index (χ0n) is 20.8. The Bertz CT molecular complexity index is 1290. The number of aromatic amines is 1. The molecule has 1 amide bonds. The maximum Gasteiger partial charge on any atom is 0.429 e. The first-order valence-corrected chi connectivity index (χ1v) is 12.0. The van der Waals surface area contributed by atoms with E-state index in [9.17, 15) is 23.1 Å². The predicted molar refractivity (Wildman–Crippen MR) is 133 cm³/mol. The van der Waals surface area contributed by atoms with Crippen LogP contribution in [0.1, 0.15) is 38.8 Å². The van der Waals surface area contributed by atoms with Crippen LogP contribution in [0.4, 0.5) is 29.5 Å². The number of hydrogen-bond acceptors (Lipinski definition) is 7. The van der Waals surface area contributed by atoms with Gasteiger partial charge in [-0.15, -0.1) is 0 Å². The van der Waals surface area contributed by atoms with Gasteiger partial charge in [-0.05, 0) is 51.5 Å². The summed E-state index contributed by atoms with van der Waals surface area (Å²) < 4.78 is 46.9. The fourth-order valence-corrected chi connectivity index (χ4v) is 4.54. The van der Waals surface area contributed by atoms with E-state index in [1.54, 1.807) is 31.8 Å². The maximum absolute atomic E-state index is 13.8. The summed E-state index contributed by atoms with van der Waals surface area (Å²) in [6.45, 7) is 7.70. The number of rotatable bonds is 4. The van der Waals surface area contributed by atoms with E-state index in [-0.39, 0.29) is 35.9 Å². The molecule has 3 aromatic rings. The van der Waals surface area contributed by atoms with Crippen molar-refractivity contribution in [3.63, 3.8) is 0 Å². The van der Waals surface area contributed by atoms with Crippen LogP contribution in [0.15, 0.2) is 30.7 Å². The van der Waals surface area contributed by atoms with Crippen LogP contribution < -0.4 is 9.91 Å². The van der Waals surface area contributed by atoms with E-state index < -0.39 is 23.4 Å². The first-order valence-electron chi connectivity index (χ1n) is 11.6. The Balaban J connectivity index is 1.73. The Kier molecular flexibility index (Phi) is 7.28. The summed E-state index contributed by atoms with van der Waals surface area (Å²) in [7, 11) is 0. The molecule has 0 saturated carbocycles. The molecule has 1 aliphatic heterocycles. The predicted octanol–water partition coefficient (Wildman–Crippen LogP) is 4.99. The van der Waals surface area contributed by atoms with Crippen molar-refractivity contribution in [3.05, 3.63) is 46.9 Å². The number of hydrazine groups is 1. The van der Waals surface area contributed by atoms with Crippen molar-refractivity contribution in [1.29, 1.82) is 0 Å². The molecule has 2 N–H and O–H groups in total. The van der Waals surface area contributed by atoms with Gasteiger partial charge in [0.2, 0.25) is 0 Å². The van der Waals surface area contributed by atoms with Crippen molar-refractivity contribution >= 4 is 40.2 Å². The molecule has 1 atom stereocenters. The normalized spacial score (nSPS) is 17.3. The highest BCUT2D eigenvalue weighted by molar-refractivity contribution is 6.33. The first kappa shape index (κ1) is 27.0. The minimum absolute atomic E-state index is 0.0379. The monoisotopic (exact) mass is 540 g/mol. The van der Waals surface area contributed by atoms with E-state index in [0.717, 1.165) is 17.1 Å². The molecule has 37 heavy (non-hydrogen) atoms. The van der Waals surface area contributed by atoms with Crippen molar-refractivity contribution in [2.45, 2.75) is 52.1 Å². The van der Waals surface area contributed by atoms with Crippen LogP contribution in [0.2, 0.25) is 5.02 Å². The molecule has 0 aliphatic carbocycles. The van der Waals surface area contributed by atoms with Gasteiger partial charge in [0.1, 0.15) is 16.9 Å². The zero-order chi connectivity index (χ0) is 27.1. The molecule has 4 rings (SSSR count). The van der Waals surface area contributed by atoms with Gasteiger partial charge in [0.15, 0.2) is 0 Å². The summed E-state index contributed by atoms with van der Waals surface area (Å²) >= 11 is 6.39. The standard InChI is InChI=1S/C24H28ClF3N6O3/c1-14-11-32(21-17(25)7-15(12-35)10-29-21)5-6-33(14)34(22(36)37-23(2,3)4)19-9-16(24(26,27)28)8-18-20(19)31-13-30-18/h7-10,13-14,35H,5-6,11-12H2,1-4H3,(H,30,31)/t14-/m1/s1. The molecule has 13 heteroatoms. The van der Waals surface area contributed by atoms with E-state index in [0.29, 0.717) is 29.5 Å². The maximum atomic E-state index is 13.8. The molecular formula is C24H28ClF3N6O3. The average Bonchev–Trinajstić information content (AvgIpc) is 3.27. The Morgan fingerprint density at radius 2 is 1.97 bits per heavy atom. The number of aliphatic hydroxyl groups is 1. The van der Waals surface area contributed by atoms with Crippen LogP contribution in [-0.2, 0) is 17.5 Å². The third-order valence-corrected chi connectivity index (χ3v) is 6.11. The van der Waals surface area contributed by atoms with Crippen molar-refractivity contribution in [2.75, 3.05) is 29.5 Å². The lowest BCUT2D eigenvalue weighted by Crippen LogP contribution is -2.61. The number of hydrogen-bond donors (Lipinski definition) is 2. The molecule has 1 fully saturated rings. The van der Waals surface area contributed by atoms with Crippen LogP contribution in [0.25, 0.3) is 11.0 Å². The van der Waals surface area contributed by atoms with Crippen molar-refractivity contribution in [2.24, 2.45) is 0 Å². The number of amides is 1. The Morgan fingerprint density at radius 3 is 2.57 bits per heavy atom. The molecular weight excluding hydrogens is 513 g/mol. The number of imidazole rings is 1. The number of pyridine rings is 1. The van der Waals surface area contributed by atoms with E-state index in [1.165, 1.54) is 12.5 Å². The Hall–Kier alpha value is -3.09. The van der Waals surface area contributed by atoms with Gasteiger partial charge >= 0.3 is 12.3 Å². The lowest BCUT2D eigenvalue weighted by atomic mass is 10.1. The summed E-state index contributed by atoms with van der Waals surface area (Å²) in [6.07, 6.45) is -2.64. The summed E-state index contributed by atoms with van der Waals surface area (Å²) in [5.41, 5.74) is -0.923. The molecule has 9 nitrogen and oxygen atoms in total. The lowest BCUT2D eigenvalue weighted by Gasteiger charge is -2.45. The van der Waals surface area contributed by atoms with Crippen molar-refractivity contribution < 1.29 is 27.8 Å². The summed E-state index contributed by atoms with van der Waals surface area (Å²) in [4.78, 5) is 26.7. The second-order valence-electron chi connectivity index (χ2n) is 9.85. The Labute approximate surface area is 216 Å². The topological polar surface area (TPSA) is 97.8 Å². The van der Waals surface area contributed by atoms with E-state index >= 15 is 0 Å². The molecule has 1 saturated heterocycles. The second-order valence-corrected chi connectivity index (χ2v) is 10.3. The molecule has 0 unspecified atom stereocenters. The summed E-state index contributed by atoms with van der Waals surface area (Å²) in [5, 5.41) is 12.5. The molecule has 1 aliphatic rings. The van der Waals surface area contributed by atoms with Crippen LogP contribution in [0, 0.1) is 0 Å². The number of fused-ring (bicyclic) bond motifs is 1. The number of piperazine rings is 1. The number of benzene rings is 1. The van der Waals surface area contributed by atoms with Crippen LogP contribution >= 0.6 is 11.6 Å². The number of nitrogens with one attached hydrogen (secondary N) is 1. The van der Waals surface area contributed by atoms with Crippen molar-refractivity contribution in [1.82, 2.24) is 20.0 Å². The molecule has 0 bridgehead atoms. The fraction of sp³-hybridized carbons (Fsp3) is 0.458. The van der Waals surface area contributed by atoms with Gasteiger partial charge in [-0.1, -0.05) is 11.6 Å². The third-order valence-electron chi connectivity index (χ3n) is 5.84. The smallest absolute Gasteiger partial charge is 0.429 e. The fourth-order valence-electron chi connectivity index (χ4n) is 4.23. The molecule has 3 heterocycles.